The lowest BCUT2D eigenvalue weighted by Gasteiger charge is -2.13. The number of carbonyl (C=O) groups excluding carboxylic acids is 1. The highest BCUT2D eigenvalue weighted by Crippen LogP contribution is 2.21. The Morgan fingerprint density at radius 1 is 1.36 bits per heavy atom. The molecule has 3 heterocycles. The molecule has 0 aromatic carbocycles. The number of hydrogen-bond donors (Lipinski definition) is 1. The number of aryl methyl sites for hydroxylation is 1. The zero-order valence-corrected chi connectivity index (χ0v) is 14.2. The largest absolute Gasteiger partial charge is 0.489 e. The van der Waals surface area contributed by atoms with E-state index in [4.69, 9.17) is 4.74 Å². The third-order valence-corrected chi connectivity index (χ3v) is 5.36. The van der Waals surface area contributed by atoms with Gasteiger partial charge in [-0.15, -0.1) is 0 Å². The number of ether oxygens (including phenoxy) is 1. The van der Waals surface area contributed by atoms with Crippen LogP contribution < -0.4 is 10.1 Å². The Morgan fingerprint density at radius 3 is 2.80 bits per heavy atom. The number of rotatable bonds is 4. The lowest BCUT2D eigenvalue weighted by molar-refractivity contribution is 0.102. The van der Waals surface area contributed by atoms with Crippen molar-refractivity contribution in [3.8, 4) is 5.75 Å². The topological polar surface area (TPSA) is 98.2 Å². The first-order valence-corrected chi connectivity index (χ1v) is 9.41. The van der Waals surface area contributed by atoms with Gasteiger partial charge in [-0.05, 0) is 25.5 Å². The molecule has 132 valence electrons. The molecular weight excluding hydrogens is 349 g/mol. The quantitative estimate of drug-likeness (QED) is 0.886. The van der Waals surface area contributed by atoms with Crippen molar-refractivity contribution in [2.45, 2.75) is 19.4 Å². The first kappa shape index (κ1) is 17.3. The third kappa shape index (κ3) is 4.50. The van der Waals surface area contributed by atoms with Crippen LogP contribution in [0, 0.1) is 12.7 Å². The molecule has 0 radical (unpaired) electrons. The molecule has 1 aliphatic heterocycles. The monoisotopic (exact) mass is 365 g/mol. The van der Waals surface area contributed by atoms with Gasteiger partial charge in [0, 0.05) is 17.8 Å². The summed E-state index contributed by atoms with van der Waals surface area (Å²) in [5.74, 6) is -0.382. The number of nitrogens with zero attached hydrogens (tertiary/aromatic N) is 2. The maximum atomic E-state index is 12.9. The maximum absolute atomic E-state index is 12.9. The fourth-order valence-corrected chi connectivity index (χ4v) is 4.09. The van der Waals surface area contributed by atoms with Crippen molar-refractivity contribution >= 4 is 21.6 Å². The molecule has 0 bridgehead atoms. The molecular formula is C16H16FN3O4S. The highest BCUT2D eigenvalue weighted by molar-refractivity contribution is 7.91. The summed E-state index contributed by atoms with van der Waals surface area (Å²) in [6.07, 6.45) is 0.987. The Labute approximate surface area is 144 Å². The van der Waals surface area contributed by atoms with Crippen LogP contribution in [0.15, 0.2) is 30.5 Å². The van der Waals surface area contributed by atoms with Gasteiger partial charge in [-0.3, -0.25) is 4.79 Å². The minimum Gasteiger partial charge on any atom is -0.489 e. The van der Waals surface area contributed by atoms with Gasteiger partial charge < -0.3 is 10.1 Å². The second kappa shape index (κ2) is 6.75. The smallest absolute Gasteiger partial charge is 0.275 e. The second-order valence-electron chi connectivity index (χ2n) is 5.79. The van der Waals surface area contributed by atoms with E-state index in [1.165, 1.54) is 18.2 Å². The van der Waals surface area contributed by atoms with Crippen LogP contribution in [0.4, 0.5) is 10.2 Å². The van der Waals surface area contributed by atoms with E-state index in [0.29, 0.717) is 17.9 Å². The minimum absolute atomic E-state index is 0.0323. The van der Waals surface area contributed by atoms with E-state index in [9.17, 15) is 17.6 Å². The van der Waals surface area contributed by atoms with Crippen LogP contribution in [0.5, 0.6) is 5.75 Å². The summed E-state index contributed by atoms with van der Waals surface area (Å²) in [4.78, 5) is 20.2. The first-order chi connectivity index (χ1) is 11.8. The van der Waals surface area contributed by atoms with Gasteiger partial charge in [0.15, 0.2) is 9.84 Å². The van der Waals surface area contributed by atoms with Gasteiger partial charge in [0.1, 0.15) is 29.2 Å². The van der Waals surface area contributed by atoms with Gasteiger partial charge in [0.05, 0.1) is 17.7 Å². The molecule has 0 spiro atoms. The Kier molecular flexibility index (Phi) is 4.67. The molecule has 2 aromatic heterocycles. The van der Waals surface area contributed by atoms with Crippen LogP contribution in [-0.4, -0.2) is 41.9 Å². The van der Waals surface area contributed by atoms with E-state index >= 15 is 0 Å². The van der Waals surface area contributed by atoms with Crippen molar-refractivity contribution in [3.63, 3.8) is 0 Å². The number of carbonyl (C=O) groups is 1. The van der Waals surface area contributed by atoms with Crippen molar-refractivity contribution in [1.82, 2.24) is 9.97 Å². The summed E-state index contributed by atoms with van der Waals surface area (Å²) in [6, 6.07) is 5.60. The molecule has 1 N–H and O–H groups in total. The molecule has 7 nitrogen and oxygen atoms in total. The van der Waals surface area contributed by atoms with Crippen molar-refractivity contribution in [2.24, 2.45) is 0 Å². The molecule has 1 unspecified atom stereocenters. The van der Waals surface area contributed by atoms with E-state index in [2.05, 4.69) is 15.3 Å². The van der Waals surface area contributed by atoms with Gasteiger partial charge >= 0.3 is 0 Å². The molecule has 1 amide bonds. The van der Waals surface area contributed by atoms with Gasteiger partial charge in [0.2, 0.25) is 0 Å². The average molecular weight is 365 g/mol. The molecule has 2 aromatic rings. The summed E-state index contributed by atoms with van der Waals surface area (Å²) in [5.41, 5.74) is 0.651. The second-order valence-corrected chi connectivity index (χ2v) is 8.02. The Balaban J connectivity index is 1.74. The van der Waals surface area contributed by atoms with Crippen molar-refractivity contribution in [2.75, 3.05) is 16.8 Å². The molecule has 9 heteroatoms. The van der Waals surface area contributed by atoms with Crippen molar-refractivity contribution in [3.05, 3.63) is 47.7 Å². The Hall–Kier alpha value is -2.55. The maximum Gasteiger partial charge on any atom is 0.275 e. The predicted octanol–water partition coefficient (Wildman–Crippen LogP) is 1.74. The van der Waals surface area contributed by atoms with E-state index < -0.39 is 27.7 Å². The molecule has 3 rings (SSSR count). The molecule has 0 saturated carbocycles. The molecule has 1 aliphatic rings. The highest BCUT2D eigenvalue weighted by Gasteiger charge is 2.29. The third-order valence-electron chi connectivity index (χ3n) is 3.62. The average Bonchev–Trinajstić information content (AvgIpc) is 2.87. The number of sulfone groups is 1. The van der Waals surface area contributed by atoms with E-state index in [-0.39, 0.29) is 23.0 Å². The first-order valence-electron chi connectivity index (χ1n) is 7.59. The molecule has 1 fully saturated rings. The summed E-state index contributed by atoms with van der Waals surface area (Å²) >= 11 is 0. The van der Waals surface area contributed by atoms with Gasteiger partial charge in [-0.25, -0.2) is 22.8 Å². The standard InChI is InChI=1S/C16H16FN3O4S/c1-10-6-13(24-12-4-5-25(22,23)9-12)7-14(19-10)16(21)20-15-3-2-11(17)8-18-15/h2-3,6-8,12H,4-5,9H2,1H3,(H,18,20,21). The van der Waals surface area contributed by atoms with E-state index in [0.717, 1.165) is 6.20 Å². The van der Waals surface area contributed by atoms with Crippen LogP contribution in [0.1, 0.15) is 22.6 Å². The predicted molar refractivity (Wildman–Crippen MR) is 88.8 cm³/mol. The van der Waals surface area contributed by atoms with Crippen LogP contribution >= 0.6 is 0 Å². The number of nitrogens with one attached hydrogen (secondary N) is 1. The lowest BCUT2D eigenvalue weighted by atomic mass is 10.2. The fourth-order valence-electron chi connectivity index (χ4n) is 2.50. The molecule has 25 heavy (non-hydrogen) atoms. The normalized spacial score (nSPS) is 18.7. The number of anilines is 1. The summed E-state index contributed by atoms with van der Waals surface area (Å²) in [7, 11) is -3.06. The SMILES string of the molecule is Cc1cc(OC2CCS(=O)(=O)C2)cc(C(=O)Nc2ccc(F)cn2)n1. The number of amides is 1. The van der Waals surface area contributed by atoms with Crippen molar-refractivity contribution < 1.29 is 22.3 Å². The van der Waals surface area contributed by atoms with Gasteiger partial charge in [-0.2, -0.15) is 0 Å². The fraction of sp³-hybridized carbons (Fsp3) is 0.312. The van der Waals surface area contributed by atoms with Gasteiger partial charge in [-0.1, -0.05) is 0 Å². The minimum atomic E-state index is -3.06. The summed E-state index contributed by atoms with van der Waals surface area (Å²) in [6.45, 7) is 1.70. The van der Waals surface area contributed by atoms with Crippen molar-refractivity contribution in [1.29, 1.82) is 0 Å². The Morgan fingerprint density at radius 2 is 2.16 bits per heavy atom. The highest BCUT2D eigenvalue weighted by atomic mass is 32.2. The van der Waals surface area contributed by atoms with E-state index in [1.54, 1.807) is 13.0 Å². The summed E-state index contributed by atoms with van der Waals surface area (Å²) in [5, 5.41) is 2.52. The zero-order valence-electron chi connectivity index (χ0n) is 13.4. The zero-order chi connectivity index (χ0) is 18.0. The Bertz CT molecular complexity index is 900. The van der Waals surface area contributed by atoms with Crippen LogP contribution in [-0.2, 0) is 9.84 Å². The van der Waals surface area contributed by atoms with Crippen LogP contribution in [0.2, 0.25) is 0 Å². The number of aromatic nitrogens is 2. The van der Waals surface area contributed by atoms with Gasteiger partial charge in [0.25, 0.3) is 5.91 Å². The molecule has 0 aliphatic carbocycles. The lowest BCUT2D eigenvalue weighted by Crippen LogP contribution is -2.19. The van der Waals surface area contributed by atoms with E-state index in [1.807, 2.05) is 0 Å². The summed E-state index contributed by atoms with van der Waals surface area (Å²) < 4.78 is 41.6. The molecule has 1 atom stereocenters. The van der Waals surface area contributed by atoms with Crippen LogP contribution in [0.25, 0.3) is 0 Å². The number of hydrogen-bond acceptors (Lipinski definition) is 6. The number of halogens is 1. The molecule has 1 saturated heterocycles. The van der Waals surface area contributed by atoms with Crippen LogP contribution in [0.3, 0.4) is 0 Å². The number of pyridine rings is 2.